The van der Waals surface area contributed by atoms with E-state index < -0.39 is 0 Å². The number of benzene rings is 14. The van der Waals surface area contributed by atoms with Crippen molar-refractivity contribution >= 4 is 87.2 Å². The van der Waals surface area contributed by atoms with Gasteiger partial charge < -0.3 is 18.3 Å². The molecule has 0 unspecified atom stereocenters. The maximum atomic E-state index is 5.27. The highest BCUT2D eigenvalue weighted by Crippen LogP contribution is 2.44. The number of fused-ring (bicyclic) bond motifs is 12. The van der Waals surface area contributed by atoms with E-state index in [1.54, 1.807) is 0 Å². The second-order valence-corrected chi connectivity index (χ2v) is 24.3. The lowest BCUT2D eigenvalue weighted by Crippen LogP contribution is -2.01. The SMILES string of the molecule is c1ccc(-c2nc(-c3ccc(-c4ccc(-n5c6ccccc6c6ccccc65)c(-c5ccc6c(c5)c5ccc(-c7ccc8c(c7)c7ccccc7n8-c7ccccc7)cc5n6-c5ccccc5)c4)cc3)nc(-c3cccc(-n4c5ccccc5c5ccccc54)c3)n2)cc1. The van der Waals surface area contributed by atoms with E-state index >= 15 is 0 Å². The molecule has 0 fully saturated rings. The maximum absolute atomic E-state index is 5.27. The highest BCUT2D eigenvalue weighted by Gasteiger charge is 2.22. The first-order chi connectivity index (χ1) is 46.6. The molecule has 19 rings (SSSR count). The summed E-state index contributed by atoms with van der Waals surface area (Å²) in [4.78, 5) is 15.6. The summed E-state index contributed by atoms with van der Waals surface area (Å²) in [7, 11) is 0. The van der Waals surface area contributed by atoms with E-state index in [-0.39, 0.29) is 0 Å². The summed E-state index contributed by atoms with van der Waals surface area (Å²) in [6, 6.07) is 120. The Bertz CT molecular complexity index is 6100. The number of rotatable bonds is 10. The highest BCUT2D eigenvalue weighted by atomic mass is 15.0. The molecule has 0 saturated carbocycles. The molecule has 0 atom stereocenters. The molecule has 0 amide bonds. The number of para-hydroxylation sites is 7. The van der Waals surface area contributed by atoms with E-state index in [2.05, 4.69) is 334 Å². The Morgan fingerprint density at radius 2 is 0.511 bits per heavy atom. The Morgan fingerprint density at radius 1 is 0.170 bits per heavy atom. The van der Waals surface area contributed by atoms with Crippen LogP contribution in [0.25, 0.3) is 178 Å². The highest BCUT2D eigenvalue weighted by molar-refractivity contribution is 6.15. The summed E-state index contributed by atoms with van der Waals surface area (Å²) in [5.74, 6) is 1.82. The van der Waals surface area contributed by atoms with E-state index in [1.807, 2.05) is 18.2 Å². The Kier molecular flexibility index (Phi) is 12.1. The summed E-state index contributed by atoms with van der Waals surface area (Å²) < 4.78 is 9.60. The van der Waals surface area contributed by atoms with E-state index in [0.717, 1.165) is 100 Å². The lowest BCUT2D eigenvalue weighted by molar-refractivity contribution is 1.07. The molecule has 0 aliphatic carbocycles. The third kappa shape index (κ3) is 8.56. The van der Waals surface area contributed by atoms with Gasteiger partial charge in [-0.3, -0.25) is 0 Å². The quantitative estimate of drug-likeness (QED) is 0.137. The van der Waals surface area contributed by atoms with Crippen molar-refractivity contribution in [3.63, 3.8) is 0 Å². The Morgan fingerprint density at radius 3 is 1.07 bits per heavy atom. The molecule has 438 valence electrons. The van der Waals surface area contributed by atoms with Crippen LogP contribution in [0.2, 0.25) is 0 Å². The Balaban J connectivity index is 0.747. The molecule has 5 aromatic heterocycles. The van der Waals surface area contributed by atoms with Crippen molar-refractivity contribution in [2.45, 2.75) is 0 Å². The van der Waals surface area contributed by atoms with Crippen molar-refractivity contribution in [2.75, 3.05) is 0 Å². The van der Waals surface area contributed by atoms with E-state index in [4.69, 9.17) is 15.0 Å². The average Bonchev–Trinajstić information content (AvgIpc) is 1.61. The van der Waals surface area contributed by atoms with Crippen molar-refractivity contribution in [1.29, 1.82) is 0 Å². The molecule has 0 spiro atoms. The second kappa shape index (κ2) is 21.5. The van der Waals surface area contributed by atoms with Crippen LogP contribution in [0.1, 0.15) is 0 Å². The van der Waals surface area contributed by atoms with Gasteiger partial charge in [0.25, 0.3) is 0 Å². The topological polar surface area (TPSA) is 58.4 Å². The minimum Gasteiger partial charge on any atom is -0.309 e. The molecule has 0 radical (unpaired) electrons. The fraction of sp³-hybridized carbons (Fsp3) is 0. The van der Waals surface area contributed by atoms with Crippen LogP contribution in [-0.2, 0) is 0 Å². The number of nitrogens with zero attached hydrogens (tertiary/aromatic N) is 7. The molecule has 0 bridgehead atoms. The van der Waals surface area contributed by atoms with Gasteiger partial charge in [-0.15, -0.1) is 0 Å². The molecule has 7 heteroatoms. The van der Waals surface area contributed by atoms with E-state index in [0.29, 0.717) is 17.5 Å². The monoisotopic (exact) mass is 1200 g/mol. The van der Waals surface area contributed by atoms with E-state index in [9.17, 15) is 0 Å². The Labute approximate surface area is 541 Å². The molecule has 14 aromatic carbocycles. The van der Waals surface area contributed by atoms with Crippen molar-refractivity contribution in [3.8, 4) is 90.3 Å². The molecule has 19 aromatic rings. The van der Waals surface area contributed by atoms with Crippen LogP contribution in [0.15, 0.2) is 334 Å². The molecule has 0 saturated heterocycles. The minimum atomic E-state index is 0.600. The number of aromatic nitrogens is 7. The van der Waals surface area contributed by atoms with Gasteiger partial charge in [0.15, 0.2) is 17.5 Å². The molecular formula is C87H55N7. The third-order valence-corrected chi connectivity index (χ3v) is 19.0. The van der Waals surface area contributed by atoms with Crippen LogP contribution in [0.3, 0.4) is 0 Å². The first-order valence-corrected chi connectivity index (χ1v) is 32.0. The van der Waals surface area contributed by atoms with Gasteiger partial charge in [0, 0.05) is 82.4 Å². The summed E-state index contributed by atoms with van der Waals surface area (Å²) in [5, 5.41) is 9.69. The minimum absolute atomic E-state index is 0.600. The molecule has 0 N–H and O–H groups in total. The van der Waals surface area contributed by atoms with Gasteiger partial charge in [-0.25, -0.2) is 15.0 Å². The molecule has 7 nitrogen and oxygen atoms in total. The first kappa shape index (κ1) is 53.2. The number of hydrogen-bond acceptors (Lipinski definition) is 3. The lowest BCUT2D eigenvalue weighted by atomic mass is 9.95. The molecular weight excluding hydrogens is 1140 g/mol. The van der Waals surface area contributed by atoms with Crippen LogP contribution in [-0.4, -0.2) is 33.2 Å². The van der Waals surface area contributed by atoms with Gasteiger partial charge in [-0.2, -0.15) is 0 Å². The van der Waals surface area contributed by atoms with Crippen molar-refractivity contribution in [1.82, 2.24) is 33.2 Å². The van der Waals surface area contributed by atoms with Gasteiger partial charge in [0.1, 0.15) is 0 Å². The van der Waals surface area contributed by atoms with Gasteiger partial charge in [-0.1, -0.05) is 224 Å². The summed E-state index contributed by atoms with van der Waals surface area (Å²) in [5.41, 5.74) is 23.1. The summed E-state index contributed by atoms with van der Waals surface area (Å²) in [6.45, 7) is 0. The standard InChI is InChI=1S/C87H55N7/c1-4-21-57(22-5-1)85-88-86(90-87(89-85)63-23-20-28-66(51-63)93-76-34-15-10-29-67(76)68-30-11-16-35-77(68)93)58-41-39-56(40-42-58)59-44-48-81(94-79-37-18-12-31-69(79)70-32-13-19-38-80(70)94)73(52-59)62-46-50-83-75(54-62)72-47-43-61(55-84(72)92(83)65-26-8-3-9-27-65)60-45-49-82-74(53-60)71-33-14-17-36-78(71)91(82)64-24-6-2-7-25-64/h1-55H. The Hall–Kier alpha value is -12.7. The fourth-order valence-corrected chi connectivity index (χ4v) is 14.7. The third-order valence-electron chi connectivity index (χ3n) is 19.0. The average molecular weight is 1200 g/mol. The molecule has 0 aliphatic rings. The largest absolute Gasteiger partial charge is 0.309 e. The van der Waals surface area contributed by atoms with Gasteiger partial charge in [0.2, 0.25) is 0 Å². The van der Waals surface area contributed by atoms with Crippen LogP contribution in [0.5, 0.6) is 0 Å². The van der Waals surface area contributed by atoms with Crippen molar-refractivity contribution in [2.24, 2.45) is 0 Å². The zero-order valence-corrected chi connectivity index (χ0v) is 50.9. The molecule has 94 heavy (non-hydrogen) atoms. The van der Waals surface area contributed by atoms with Crippen LogP contribution in [0, 0.1) is 0 Å². The van der Waals surface area contributed by atoms with Crippen LogP contribution >= 0.6 is 0 Å². The van der Waals surface area contributed by atoms with Crippen LogP contribution in [0.4, 0.5) is 0 Å². The predicted molar refractivity (Wildman–Crippen MR) is 390 cm³/mol. The van der Waals surface area contributed by atoms with Gasteiger partial charge >= 0.3 is 0 Å². The molecule has 5 heterocycles. The first-order valence-electron chi connectivity index (χ1n) is 32.0. The predicted octanol–water partition coefficient (Wildman–Crippen LogP) is 22.3. The normalized spacial score (nSPS) is 11.8. The zero-order chi connectivity index (χ0) is 61.8. The zero-order valence-electron chi connectivity index (χ0n) is 50.9. The maximum Gasteiger partial charge on any atom is 0.164 e. The second-order valence-electron chi connectivity index (χ2n) is 24.3. The van der Waals surface area contributed by atoms with Gasteiger partial charge in [0.05, 0.1) is 49.8 Å². The summed E-state index contributed by atoms with van der Waals surface area (Å²) >= 11 is 0. The lowest BCUT2D eigenvalue weighted by Gasteiger charge is -2.17. The molecule has 0 aliphatic heterocycles. The smallest absolute Gasteiger partial charge is 0.164 e. The van der Waals surface area contributed by atoms with Crippen molar-refractivity contribution in [3.05, 3.63) is 334 Å². The number of hydrogen-bond donors (Lipinski definition) is 0. The van der Waals surface area contributed by atoms with E-state index in [1.165, 1.54) is 59.7 Å². The van der Waals surface area contributed by atoms with Crippen molar-refractivity contribution < 1.29 is 0 Å². The van der Waals surface area contributed by atoms with Crippen LogP contribution < -0.4 is 0 Å². The van der Waals surface area contributed by atoms with Gasteiger partial charge in [-0.05, 0) is 137 Å². The summed E-state index contributed by atoms with van der Waals surface area (Å²) in [6.07, 6.45) is 0. The fourth-order valence-electron chi connectivity index (χ4n) is 14.7.